The topological polar surface area (TPSA) is 55.4 Å². The molecule has 2 fully saturated rings. The van der Waals surface area contributed by atoms with Crippen LogP contribution < -0.4 is 5.32 Å². The molecule has 4 nitrogen and oxygen atoms in total. The zero-order valence-corrected chi connectivity index (χ0v) is 14.0. The molecule has 0 amide bonds. The molecule has 0 spiro atoms. The molecule has 4 atom stereocenters. The summed E-state index contributed by atoms with van der Waals surface area (Å²) in [6.07, 6.45) is 12.2. The highest BCUT2D eigenvalue weighted by molar-refractivity contribution is 7.85. The lowest BCUT2D eigenvalue weighted by molar-refractivity contribution is -0.142. The SMILES string of the molecule is COC(=O)C1CS(=O)C2CCCCCCCCCCC2N1. The van der Waals surface area contributed by atoms with Gasteiger partial charge in [-0.1, -0.05) is 51.4 Å². The van der Waals surface area contributed by atoms with Gasteiger partial charge in [0, 0.05) is 22.6 Å². The standard InChI is InChI=1S/C16H29NO3S/c1-20-16(18)14-12-21(19)15-11-9-7-5-3-2-4-6-8-10-13(15)17-14/h13-15,17H,2-12H2,1H3. The summed E-state index contributed by atoms with van der Waals surface area (Å²) in [5.74, 6) is 0.140. The Morgan fingerprint density at radius 3 is 2.19 bits per heavy atom. The molecular formula is C16H29NO3S. The molecule has 2 aliphatic rings. The molecule has 0 aromatic heterocycles. The van der Waals surface area contributed by atoms with Gasteiger partial charge < -0.3 is 4.74 Å². The second kappa shape index (κ2) is 8.89. The van der Waals surface area contributed by atoms with Gasteiger partial charge in [0.1, 0.15) is 6.04 Å². The summed E-state index contributed by atoms with van der Waals surface area (Å²) < 4.78 is 17.4. The molecule has 0 aromatic rings. The van der Waals surface area contributed by atoms with Crippen LogP contribution in [-0.2, 0) is 20.3 Å². The molecule has 0 radical (unpaired) electrons. The van der Waals surface area contributed by atoms with Crippen LogP contribution >= 0.6 is 0 Å². The molecule has 1 aliphatic carbocycles. The number of hydrogen-bond acceptors (Lipinski definition) is 4. The normalized spacial score (nSPS) is 35.9. The van der Waals surface area contributed by atoms with Gasteiger partial charge in [-0.15, -0.1) is 0 Å². The lowest BCUT2D eigenvalue weighted by atomic mass is 9.96. The smallest absolute Gasteiger partial charge is 0.323 e. The first-order valence-electron chi connectivity index (χ1n) is 8.43. The van der Waals surface area contributed by atoms with E-state index in [1.54, 1.807) is 0 Å². The van der Waals surface area contributed by atoms with Crippen molar-refractivity contribution in [2.24, 2.45) is 0 Å². The third-order valence-electron chi connectivity index (χ3n) is 4.77. The third-order valence-corrected chi connectivity index (χ3v) is 6.67. The number of hydrogen-bond donors (Lipinski definition) is 1. The van der Waals surface area contributed by atoms with Gasteiger partial charge in [-0.2, -0.15) is 0 Å². The molecule has 1 aliphatic heterocycles. The largest absolute Gasteiger partial charge is 0.468 e. The van der Waals surface area contributed by atoms with Gasteiger partial charge in [0.05, 0.1) is 12.4 Å². The van der Waals surface area contributed by atoms with Crippen molar-refractivity contribution in [1.82, 2.24) is 5.32 Å². The van der Waals surface area contributed by atoms with Crippen LogP contribution in [-0.4, -0.2) is 40.4 Å². The fourth-order valence-corrected chi connectivity index (χ4v) is 5.35. The predicted molar refractivity (Wildman–Crippen MR) is 85.7 cm³/mol. The van der Waals surface area contributed by atoms with Crippen molar-refractivity contribution in [2.75, 3.05) is 12.9 Å². The van der Waals surface area contributed by atoms with Gasteiger partial charge in [-0.05, 0) is 12.8 Å². The van der Waals surface area contributed by atoms with Crippen LogP contribution in [0.1, 0.15) is 64.2 Å². The van der Waals surface area contributed by atoms with Crippen molar-refractivity contribution in [1.29, 1.82) is 0 Å². The third kappa shape index (κ3) is 5.06. The molecule has 21 heavy (non-hydrogen) atoms. The fraction of sp³-hybridized carbons (Fsp3) is 0.938. The van der Waals surface area contributed by atoms with Crippen molar-refractivity contribution in [3.05, 3.63) is 0 Å². The number of esters is 1. The molecule has 2 rings (SSSR count). The second-order valence-electron chi connectivity index (χ2n) is 6.34. The molecular weight excluding hydrogens is 286 g/mol. The van der Waals surface area contributed by atoms with Crippen LogP contribution in [0.5, 0.6) is 0 Å². The Kier molecular flexibility index (Phi) is 7.17. The number of carbonyl (C=O) groups is 1. The zero-order chi connectivity index (χ0) is 15.1. The van der Waals surface area contributed by atoms with Gasteiger partial charge in [0.25, 0.3) is 0 Å². The molecule has 1 heterocycles. The lowest BCUT2D eigenvalue weighted by Crippen LogP contribution is -2.58. The lowest BCUT2D eigenvalue weighted by Gasteiger charge is -2.36. The van der Waals surface area contributed by atoms with E-state index in [-0.39, 0.29) is 23.3 Å². The number of methoxy groups -OCH3 is 1. The van der Waals surface area contributed by atoms with Crippen molar-refractivity contribution in [2.45, 2.75) is 81.5 Å². The first kappa shape index (κ1) is 16.9. The number of nitrogens with one attached hydrogen (secondary N) is 1. The summed E-state index contributed by atoms with van der Waals surface area (Å²) in [5, 5.41) is 3.63. The maximum absolute atomic E-state index is 12.5. The summed E-state index contributed by atoms with van der Waals surface area (Å²) in [4.78, 5) is 11.7. The van der Waals surface area contributed by atoms with Crippen molar-refractivity contribution in [3.8, 4) is 0 Å². The first-order valence-corrected chi connectivity index (χ1v) is 9.81. The fourth-order valence-electron chi connectivity index (χ4n) is 3.54. The van der Waals surface area contributed by atoms with E-state index in [0.717, 1.165) is 19.3 Å². The Balaban J connectivity index is 1.99. The van der Waals surface area contributed by atoms with Crippen LogP contribution in [0.15, 0.2) is 0 Å². The summed E-state index contributed by atoms with van der Waals surface area (Å²) in [7, 11) is 0.488. The Labute approximate surface area is 130 Å². The number of carbonyl (C=O) groups excluding carboxylic acids is 1. The number of rotatable bonds is 1. The molecule has 122 valence electrons. The Morgan fingerprint density at radius 1 is 1.00 bits per heavy atom. The molecule has 1 N–H and O–H groups in total. The maximum atomic E-state index is 12.5. The Morgan fingerprint density at radius 2 is 1.57 bits per heavy atom. The quantitative estimate of drug-likeness (QED) is 0.756. The van der Waals surface area contributed by atoms with Crippen molar-refractivity contribution < 1.29 is 13.7 Å². The summed E-state index contributed by atoms with van der Waals surface area (Å²) in [6.45, 7) is 0. The average Bonchev–Trinajstić information content (AvgIpc) is 2.47. The molecule has 1 saturated carbocycles. The monoisotopic (exact) mass is 315 g/mol. The Bertz CT molecular complexity index is 361. The molecule has 5 heteroatoms. The van der Waals surface area contributed by atoms with E-state index < -0.39 is 10.8 Å². The first-order chi connectivity index (χ1) is 10.2. The number of ether oxygens (including phenoxy) is 1. The van der Waals surface area contributed by atoms with E-state index in [9.17, 15) is 9.00 Å². The zero-order valence-electron chi connectivity index (χ0n) is 13.1. The molecule has 0 bridgehead atoms. The maximum Gasteiger partial charge on any atom is 0.323 e. The van der Waals surface area contributed by atoms with E-state index in [4.69, 9.17) is 4.74 Å². The highest BCUT2D eigenvalue weighted by atomic mass is 32.2. The van der Waals surface area contributed by atoms with Gasteiger partial charge >= 0.3 is 5.97 Å². The molecule has 0 aromatic carbocycles. The van der Waals surface area contributed by atoms with E-state index >= 15 is 0 Å². The van der Waals surface area contributed by atoms with Gasteiger partial charge in [0.15, 0.2) is 0 Å². The minimum Gasteiger partial charge on any atom is -0.468 e. The van der Waals surface area contributed by atoms with Crippen molar-refractivity contribution in [3.63, 3.8) is 0 Å². The van der Waals surface area contributed by atoms with E-state index in [1.165, 1.54) is 52.1 Å². The average molecular weight is 315 g/mol. The van der Waals surface area contributed by atoms with Crippen LogP contribution in [0.2, 0.25) is 0 Å². The van der Waals surface area contributed by atoms with Crippen LogP contribution in [0.4, 0.5) is 0 Å². The van der Waals surface area contributed by atoms with Crippen LogP contribution in [0.3, 0.4) is 0 Å². The van der Waals surface area contributed by atoms with E-state index in [2.05, 4.69) is 5.32 Å². The summed E-state index contributed by atoms with van der Waals surface area (Å²) in [5.41, 5.74) is 0. The number of fused-ring (bicyclic) bond motifs is 1. The minimum atomic E-state index is -0.915. The minimum absolute atomic E-state index is 0.211. The second-order valence-corrected chi connectivity index (χ2v) is 8.04. The predicted octanol–water partition coefficient (Wildman–Crippen LogP) is 2.53. The molecule has 1 saturated heterocycles. The van der Waals surface area contributed by atoms with Gasteiger partial charge in [-0.3, -0.25) is 14.3 Å². The molecule has 4 unspecified atom stereocenters. The van der Waals surface area contributed by atoms with Gasteiger partial charge in [-0.25, -0.2) is 0 Å². The van der Waals surface area contributed by atoms with Crippen molar-refractivity contribution >= 4 is 16.8 Å². The van der Waals surface area contributed by atoms with Crippen LogP contribution in [0.25, 0.3) is 0 Å². The highest BCUT2D eigenvalue weighted by Crippen LogP contribution is 2.24. The summed E-state index contributed by atoms with van der Waals surface area (Å²) >= 11 is 0. The van der Waals surface area contributed by atoms with Crippen LogP contribution in [0, 0.1) is 0 Å². The highest BCUT2D eigenvalue weighted by Gasteiger charge is 2.37. The van der Waals surface area contributed by atoms with E-state index in [1.807, 2.05) is 0 Å². The van der Waals surface area contributed by atoms with Gasteiger partial charge in [0.2, 0.25) is 0 Å². The summed E-state index contributed by atoms with van der Waals surface area (Å²) in [6, 6.07) is -0.173. The Hall–Kier alpha value is -0.420. The van der Waals surface area contributed by atoms with E-state index in [0.29, 0.717) is 5.75 Å².